The zero-order valence-corrected chi connectivity index (χ0v) is 11.1. The molecule has 19 heavy (non-hydrogen) atoms. The fourth-order valence-electron chi connectivity index (χ4n) is 2.09. The maximum atomic E-state index is 12.5. The van der Waals surface area contributed by atoms with E-state index in [1.807, 2.05) is 32.3 Å². The average Bonchev–Trinajstić information content (AvgIpc) is 2.39. The van der Waals surface area contributed by atoms with Crippen LogP contribution in [0.15, 0.2) is 48.5 Å². The minimum atomic E-state index is -2.41. The first-order valence-electron chi connectivity index (χ1n) is 6.19. The molecule has 0 N–H and O–H groups in total. The highest BCUT2D eigenvalue weighted by molar-refractivity contribution is 5.67. The molecule has 0 aliphatic heterocycles. The van der Waals surface area contributed by atoms with Gasteiger partial charge in [-0.2, -0.15) is 0 Å². The second kappa shape index (κ2) is 5.93. The molecule has 0 heterocycles. The molecule has 0 bridgehead atoms. The molecule has 0 atom stereocenters. The fourth-order valence-corrected chi connectivity index (χ4v) is 2.09. The molecule has 0 unspecified atom stereocenters. The van der Waals surface area contributed by atoms with Crippen LogP contribution >= 0.6 is 0 Å². The molecule has 100 valence electrons. The lowest BCUT2D eigenvalue weighted by molar-refractivity contribution is 0.151. The summed E-state index contributed by atoms with van der Waals surface area (Å²) in [6.07, 6.45) is -2.41. The van der Waals surface area contributed by atoms with Gasteiger partial charge in [-0.15, -0.1) is 0 Å². The van der Waals surface area contributed by atoms with Crippen molar-refractivity contribution in [3.05, 3.63) is 59.7 Å². The number of nitrogens with zero attached hydrogens (tertiary/aromatic N) is 1. The Morgan fingerprint density at radius 1 is 0.947 bits per heavy atom. The molecule has 0 spiro atoms. The Labute approximate surface area is 112 Å². The van der Waals surface area contributed by atoms with E-state index in [1.165, 1.54) is 17.7 Å². The van der Waals surface area contributed by atoms with Gasteiger partial charge < -0.3 is 4.90 Å². The second-order valence-electron chi connectivity index (χ2n) is 4.82. The molecule has 0 saturated heterocycles. The normalized spacial score (nSPS) is 11.3. The first-order valence-corrected chi connectivity index (χ1v) is 6.19. The van der Waals surface area contributed by atoms with E-state index >= 15 is 0 Å². The smallest absolute Gasteiger partial charge is 0.263 e. The van der Waals surface area contributed by atoms with Crippen molar-refractivity contribution in [1.29, 1.82) is 0 Å². The quantitative estimate of drug-likeness (QED) is 0.790. The molecule has 2 aromatic rings. The monoisotopic (exact) mass is 261 g/mol. The van der Waals surface area contributed by atoms with Crippen LogP contribution in [0.4, 0.5) is 8.78 Å². The van der Waals surface area contributed by atoms with E-state index in [0.717, 1.165) is 17.7 Å². The van der Waals surface area contributed by atoms with Gasteiger partial charge in [-0.3, -0.25) is 0 Å². The standard InChI is InChI=1S/C16H17F2N/c1-19(2)11-14-5-3-4-6-15(14)12-7-9-13(10-8-12)16(17)18/h3-10,16H,11H2,1-2H3. The molecular formula is C16H17F2N. The third-order valence-electron chi connectivity index (χ3n) is 2.98. The molecule has 0 amide bonds. The molecule has 0 aliphatic carbocycles. The number of hydrogen-bond acceptors (Lipinski definition) is 1. The SMILES string of the molecule is CN(C)Cc1ccccc1-c1ccc(C(F)F)cc1. The van der Waals surface area contributed by atoms with E-state index < -0.39 is 6.43 Å². The summed E-state index contributed by atoms with van der Waals surface area (Å²) in [4.78, 5) is 2.09. The highest BCUT2D eigenvalue weighted by Crippen LogP contribution is 2.27. The van der Waals surface area contributed by atoms with Crippen molar-refractivity contribution in [1.82, 2.24) is 4.90 Å². The van der Waals surface area contributed by atoms with Gasteiger partial charge in [0.15, 0.2) is 0 Å². The van der Waals surface area contributed by atoms with Crippen LogP contribution in [0.5, 0.6) is 0 Å². The van der Waals surface area contributed by atoms with Crippen LogP contribution in [-0.4, -0.2) is 19.0 Å². The van der Waals surface area contributed by atoms with Crippen LogP contribution in [0.3, 0.4) is 0 Å². The third-order valence-corrected chi connectivity index (χ3v) is 2.98. The molecule has 0 radical (unpaired) electrons. The Kier molecular flexibility index (Phi) is 4.27. The molecule has 0 saturated carbocycles. The van der Waals surface area contributed by atoms with Crippen molar-refractivity contribution in [2.75, 3.05) is 14.1 Å². The summed E-state index contributed by atoms with van der Waals surface area (Å²) >= 11 is 0. The maximum Gasteiger partial charge on any atom is 0.263 e. The summed E-state index contributed by atoms with van der Waals surface area (Å²) in [5.74, 6) is 0. The molecule has 0 aliphatic rings. The van der Waals surface area contributed by atoms with Gasteiger partial charge in [-0.05, 0) is 30.8 Å². The molecular weight excluding hydrogens is 244 g/mol. The second-order valence-corrected chi connectivity index (χ2v) is 4.82. The summed E-state index contributed by atoms with van der Waals surface area (Å²) in [6, 6.07) is 14.6. The van der Waals surface area contributed by atoms with Crippen molar-refractivity contribution in [3.63, 3.8) is 0 Å². The zero-order chi connectivity index (χ0) is 13.8. The van der Waals surface area contributed by atoms with Gasteiger partial charge >= 0.3 is 0 Å². The predicted octanol–water partition coefficient (Wildman–Crippen LogP) is 4.35. The van der Waals surface area contributed by atoms with Gasteiger partial charge in [0.25, 0.3) is 6.43 Å². The molecule has 3 heteroatoms. The summed E-state index contributed by atoms with van der Waals surface area (Å²) in [7, 11) is 4.02. The van der Waals surface area contributed by atoms with Crippen LogP contribution in [-0.2, 0) is 6.54 Å². The van der Waals surface area contributed by atoms with Crippen molar-refractivity contribution in [3.8, 4) is 11.1 Å². The largest absolute Gasteiger partial charge is 0.305 e. The van der Waals surface area contributed by atoms with E-state index in [9.17, 15) is 8.78 Å². The Morgan fingerprint density at radius 3 is 2.16 bits per heavy atom. The van der Waals surface area contributed by atoms with Gasteiger partial charge in [-0.25, -0.2) is 8.78 Å². The third kappa shape index (κ3) is 3.38. The summed E-state index contributed by atoms with van der Waals surface area (Å²) in [6.45, 7) is 0.826. The number of rotatable bonds is 4. The lowest BCUT2D eigenvalue weighted by Crippen LogP contribution is -2.11. The van der Waals surface area contributed by atoms with Gasteiger partial charge in [-0.1, -0.05) is 48.5 Å². The van der Waals surface area contributed by atoms with Crippen molar-refractivity contribution >= 4 is 0 Å². The van der Waals surface area contributed by atoms with E-state index in [1.54, 1.807) is 12.1 Å². The first-order chi connectivity index (χ1) is 9.08. The number of halogens is 2. The van der Waals surface area contributed by atoms with E-state index in [0.29, 0.717) is 0 Å². The average molecular weight is 261 g/mol. The molecule has 2 rings (SSSR count). The molecule has 0 fully saturated rings. The Bertz CT molecular complexity index is 533. The van der Waals surface area contributed by atoms with Gasteiger partial charge in [0.1, 0.15) is 0 Å². The lowest BCUT2D eigenvalue weighted by Gasteiger charge is -2.14. The highest BCUT2D eigenvalue weighted by Gasteiger charge is 2.09. The van der Waals surface area contributed by atoms with Crippen molar-refractivity contribution in [2.24, 2.45) is 0 Å². The van der Waals surface area contributed by atoms with Crippen LogP contribution in [0, 0.1) is 0 Å². The van der Waals surface area contributed by atoms with Crippen LogP contribution in [0.2, 0.25) is 0 Å². The highest BCUT2D eigenvalue weighted by atomic mass is 19.3. The topological polar surface area (TPSA) is 3.24 Å². The van der Waals surface area contributed by atoms with E-state index in [2.05, 4.69) is 11.0 Å². The van der Waals surface area contributed by atoms with Crippen molar-refractivity contribution < 1.29 is 8.78 Å². The summed E-state index contributed by atoms with van der Waals surface area (Å²) < 4.78 is 25.1. The Hall–Kier alpha value is -1.74. The van der Waals surface area contributed by atoms with Crippen LogP contribution < -0.4 is 0 Å². The zero-order valence-electron chi connectivity index (χ0n) is 11.1. The van der Waals surface area contributed by atoms with E-state index in [4.69, 9.17) is 0 Å². The first kappa shape index (κ1) is 13.7. The molecule has 0 aromatic heterocycles. The number of benzene rings is 2. The summed E-state index contributed by atoms with van der Waals surface area (Å²) in [5, 5.41) is 0. The Balaban J connectivity index is 2.35. The minimum absolute atomic E-state index is 0.0637. The van der Waals surface area contributed by atoms with Crippen molar-refractivity contribution in [2.45, 2.75) is 13.0 Å². The predicted molar refractivity (Wildman–Crippen MR) is 74.2 cm³/mol. The minimum Gasteiger partial charge on any atom is -0.305 e. The fraction of sp³-hybridized carbons (Fsp3) is 0.250. The van der Waals surface area contributed by atoms with Crippen LogP contribution in [0.25, 0.3) is 11.1 Å². The van der Waals surface area contributed by atoms with Crippen LogP contribution in [0.1, 0.15) is 17.6 Å². The lowest BCUT2D eigenvalue weighted by atomic mass is 9.98. The van der Waals surface area contributed by atoms with Gasteiger partial charge in [0, 0.05) is 12.1 Å². The van der Waals surface area contributed by atoms with Gasteiger partial charge in [0.2, 0.25) is 0 Å². The Morgan fingerprint density at radius 2 is 1.58 bits per heavy atom. The molecule has 2 aromatic carbocycles. The summed E-state index contributed by atoms with van der Waals surface area (Å²) in [5.41, 5.74) is 3.32. The van der Waals surface area contributed by atoms with E-state index in [-0.39, 0.29) is 5.56 Å². The maximum absolute atomic E-state index is 12.5. The number of alkyl halides is 2. The molecule has 1 nitrogen and oxygen atoms in total. The van der Waals surface area contributed by atoms with Gasteiger partial charge in [0.05, 0.1) is 0 Å². The number of hydrogen-bond donors (Lipinski definition) is 0.